The molecule has 1 amide bonds. The molecule has 22 heavy (non-hydrogen) atoms. The Hall–Kier alpha value is -1.51. The van der Waals surface area contributed by atoms with Crippen molar-refractivity contribution in [3.05, 3.63) is 30.1 Å². The van der Waals surface area contributed by atoms with Gasteiger partial charge < -0.3 is 10.1 Å². The summed E-state index contributed by atoms with van der Waals surface area (Å²) in [6.45, 7) is 2.26. The third kappa shape index (κ3) is 2.86. The number of aromatic nitrogens is 1. The van der Waals surface area contributed by atoms with Crippen molar-refractivity contribution in [2.75, 3.05) is 39.1 Å². The van der Waals surface area contributed by atoms with Crippen LogP contribution in [0.1, 0.15) is 10.4 Å². The predicted molar refractivity (Wildman–Crippen MR) is 79.7 cm³/mol. The van der Waals surface area contributed by atoms with Crippen LogP contribution in [0.15, 0.2) is 24.5 Å². The van der Waals surface area contributed by atoms with Crippen molar-refractivity contribution in [1.29, 1.82) is 0 Å². The molecule has 0 aliphatic carbocycles. The lowest BCUT2D eigenvalue weighted by Crippen LogP contribution is -2.43. The normalized spacial score (nSPS) is 28.5. The molecule has 2 saturated heterocycles. The highest BCUT2D eigenvalue weighted by Crippen LogP contribution is 2.41. The zero-order chi connectivity index (χ0) is 15.8. The SMILES string of the molecule is CS(=O)(=O)N1C[C@@H]2COC[C@]2(CNC(=O)c2cccnc2)C1. The van der Waals surface area contributed by atoms with Gasteiger partial charge in [-0.3, -0.25) is 9.78 Å². The van der Waals surface area contributed by atoms with Crippen molar-refractivity contribution < 1.29 is 17.9 Å². The van der Waals surface area contributed by atoms with E-state index in [1.54, 1.807) is 18.3 Å². The first-order chi connectivity index (χ1) is 10.4. The van der Waals surface area contributed by atoms with E-state index in [1.807, 2.05) is 0 Å². The molecule has 0 unspecified atom stereocenters. The number of rotatable bonds is 4. The maximum atomic E-state index is 12.1. The van der Waals surface area contributed by atoms with Crippen molar-refractivity contribution in [3.63, 3.8) is 0 Å². The Morgan fingerprint density at radius 1 is 1.59 bits per heavy atom. The van der Waals surface area contributed by atoms with Crippen molar-refractivity contribution in [2.45, 2.75) is 0 Å². The molecule has 3 heterocycles. The molecule has 3 rings (SSSR count). The lowest BCUT2D eigenvalue weighted by Gasteiger charge is -2.27. The Morgan fingerprint density at radius 2 is 2.41 bits per heavy atom. The number of carbonyl (C=O) groups excluding carboxylic acids is 1. The first kappa shape index (κ1) is 15.4. The van der Waals surface area contributed by atoms with Gasteiger partial charge in [0, 0.05) is 43.4 Å². The van der Waals surface area contributed by atoms with E-state index in [4.69, 9.17) is 4.74 Å². The summed E-state index contributed by atoms with van der Waals surface area (Å²) < 4.78 is 30.5. The van der Waals surface area contributed by atoms with Gasteiger partial charge in [-0.15, -0.1) is 0 Å². The van der Waals surface area contributed by atoms with Crippen LogP contribution in [0.5, 0.6) is 0 Å². The average molecular weight is 325 g/mol. The van der Waals surface area contributed by atoms with E-state index in [9.17, 15) is 13.2 Å². The van der Waals surface area contributed by atoms with E-state index < -0.39 is 10.0 Å². The van der Waals surface area contributed by atoms with Crippen LogP contribution in [-0.4, -0.2) is 62.7 Å². The summed E-state index contributed by atoms with van der Waals surface area (Å²) in [6, 6.07) is 3.40. The number of nitrogens with zero attached hydrogens (tertiary/aromatic N) is 2. The van der Waals surface area contributed by atoms with Gasteiger partial charge in [-0.1, -0.05) is 0 Å². The molecular weight excluding hydrogens is 306 g/mol. The molecule has 2 fully saturated rings. The Kier molecular flexibility index (Phi) is 3.92. The largest absolute Gasteiger partial charge is 0.380 e. The first-order valence-electron chi connectivity index (χ1n) is 7.12. The van der Waals surface area contributed by atoms with Gasteiger partial charge in [0.25, 0.3) is 5.91 Å². The first-order valence-corrected chi connectivity index (χ1v) is 8.97. The third-order valence-electron chi connectivity index (χ3n) is 4.48. The summed E-state index contributed by atoms with van der Waals surface area (Å²) in [5.74, 6) is -0.0812. The molecule has 0 spiro atoms. The van der Waals surface area contributed by atoms with Crippen LogP contribution in [0.3, 0.4) is 0 Å². The molecule has 0 saturated carbocycles. The zero-order valence-corrected chi connectivity index (χ0v) is 13.2. The summed E-state index contributed by atoms with van der Waals surface area (Å²) in [4.78, 5) is 16.1. The maximum absolute atomic E-state index is 12.1. The minimum Gasteiger partial charge on any atom is -0.380 e. The van der Waals surface area contributed by atoms with Gasteiger partial charge >= 0.3 is 0 Å². The quantitative estimate of drug-likeness (QED) is 0.822. The summed E-state index contributed by atoms with van der Waals surface area (Å²) >= 11 is 0. The monoisotopic (exact) mass is 325 g/mol. The second-order valence-electron chi connectivity index (χ2n) is 6.05. The molecule has 0 bridgehead atoms. The summed E-state index contributed by atoms with van der Waals surface area (Å²) in [7, 11) is -3.22. The highest BCUT2D eigenvalue weighted by molar-refractivity contribution is 7.88. The van der Waals surface area contributed by atoms with Crippen LogP contribution in [0.4, 0.5) is 0 Å². The highest BCUT2D eigenvalue weighted by Gasteiger charge is 2.52. The summed E-state index contributed by atoms with van der Waals surface area (Å²) in [6.07, 6.45) is 4.33. The molecular formula is C14H19N3O4S. The Labute approximate surface area is 129 Å². The molecule has 1 N–H and O–H groups in total. The molecule has 1 aromatic rings. The fourth-order valence-corrected chi connectivity index (χ4v) is 4.08. The smallest absolute Gasteiger partial charge is 0.252 e. The number of nitrogens with one attached hydrogen (secondary N) is 1. The van der Waals surface area contributed by atoms with E-state index in [-0.39, 0.29) is 17.2 Å². The van der Waals surface area contributed by atoms with Crippen LogP contribution in [-0.2, 0) is 14.8 Å². The van der Waals surface area contributed by atoms with Crippen LogP contribution in [0.2, 0.25) is 0 Å². The number of pyridine rings is 1. The fraction of sp³-hybridized carbons (Fsp3) is 0.571. The van der Waals surface area contributed by atoms with Crippen LogP contribution in [0, 0.1) is 11.3 Å². The number of ether oxygens (including phenoxy) is 1. The Bertz CT molecular complexity index is 664. The summed E-state index contributed by atoms with van der Waals surface area (Å²) in [5, 5.41) is 2.89. The molecule has 0 radical (unpaired) electrons. The molecule has 7 nitrogen and oxygen atoms in total. The topological polar surface area (TPSA) is 88.6 Å². The van der Waals surface area contributed by atoms with Crippen molar-refractivity contribution in [3.8, 4) is 0 Å². The lowest BCUT2D eigenvalue weighted by molar-refractivity contribution is 0.0914. The number of hydrogen-bond donors (Lipinski definition) is 1. The number of carbonyl (C=O) groups is 1. The average Bonchev–Trinajstić information content (AvgIpc) is 3.02. The highest BCUT2D eigenvalue weighted by atomic mass is 32.2. The maximum Gasteiger partial charge on any atom is 0.252 e. The van der Waals surface area contributed by atoms with Gasteiger partial charge in [0.1, 0.15) is 0 Å². The van der Waals surface area contributed by atoms with Gasteiger partial charge in [-0.2, -0.15) is 0 Å². The van der Waals surface area contributed by atoms with Crippen LogP contribution in [0.25, 0.3) is 0 Å². The second kappa shape index (κ2) is 5.60. The molecule has 2 atom stereocenters. The van der Waals surface area contributed by atoms with Gasteiger partial charge in [0.05, 0.1) is 25.0 Å². The van der Waals surface area contributed by atoms with Gasteiger partial charge in [-0.05, 0) is 12.1 Å². The minimum atomic E-state index is -3.22. The Morgan fingerprint density at radius 3 is 3.09 bits per heavy atom. The van der Waals surface area contributed by atoms with E-state index in [0.717, 1.165) is 0 Å². The Balaban J connectivity index is 1.69. The molecule has 0 aromatic carbocycles. The van der Waals surface area contributed by atoms with Crippen molar-refractivity contribution in [1.82, 2.24) is 14.6 Å². The molecule has 2 aliphatic rings. The molecule has 8 heteroatoms. The summed E-state index contributed by atoms with van der Waals surface area (Å²) in [5.41, 5.74) is 0.161. The van der Waals surface area contributed by atoms with E-state index in [0.29, 0.717) is 38.4 Å². The van der Waals surface area contributed by atoms with Crippen molar-refractivity contribution >= 4 is 15.9 Å². The van der Waals surface area contributed by atoms with E-state index in [1.165, 1.54) is 16.8 Å². The van der Waals surface area contributed by atoms with E-state index in [2.05, 4.69) is 10.3 Å². The number of amides is 1. The number of hydrogen-bond acceptors (Lipinski definition) is 5. The minimum absolute atomic E-state index is 0.122. The van der Waals surface area contributed by atoms with Crippen LogP contribution < -0.4 is 5.32 Å². The third-order valence-corrected chi connectivity index (χ3v) is 5.70. The fourth-order valence-electron chi connectivity index (χ4n) is 3.14. The molecule has 120 valence electrons. The van der Waals surface area contributed by atoms with Crippen molar-refractivity contribution in [2.24, 2.45) is 11.3 Å². The predicted octanol–water partition coefficient (Wildman–Crippen LogP) is -0.281. The van der Waals surface area contributed by atoms with E-state index >= 15 is 0 Å². The van der Waals surface area contributed by atoms with Crippen LogP contribution >= 0.6 is 0 Å². The zero-order valence-electron chi connectivity index (χ0n) is 12.4. The molecule has 2 aliphatic heterocycles. The standard InChI is InChI=1S/C14H19N3O4S/c1-22(19,20)17-6-12-7-21-10-14(12,9-17)8-16-13(18)11-3-2-4-15-5-11/h2-5,12H,6-10H2,1H3,(H,16,18)/t12-,14+/m1/s1. The van der Waals surface area contributed by atoms with Gasteiger partial charge in [0.15, 0.2) is 0 Å². The number of sulfonamides is 1. The number of fused-ring (bicyclic) bond motifs is 1. The second-order valence-corrected chi connectivity index (χ2v) is 8.04. The van der Waals surface area contributed by atoms with Gasteiger partial charge in [0.2, 0.25) is 10.0 Å². The lowest BCUT2D eigenvalue weighted by atomic mass is 9.81. The molecule has 1 aromatic heterocycles. The van der Waals surface area contributed by atoms with Gasteiger partial charge in [-0.25, -0.2) is 12.7 Å².